The van der Waals surface area contributed by atoms with Gasteiger partial charge in [-0.15, -0.1) is 0 Å². The van der Waals surface area contributed by atoms with Crippen molar-refractivity contribution < 1.29 is 0 Å². The highest BCUT2D eigenvalue weighted by atomic mass is 14.0. The van der Waals surface area contributed by atoms with Crippen molar-refractivity contribution in [1.29, 1.82) is 0 Å². The Kier molecular flexibility index (Phi) is 3.99. The standard InChI is InChI=1S/C18H12/c1-13-7-8-15(3)17(5)11-12-18(6)16(4)10-9-14(13)2/h1-6H2. The van der Waals surface area contributed by atoms with Gasteiger partial charge in [0.15, 0.2) is 0 Å². The zero-order valence-corrected chi connectivity index (χ0v) is 10.2. The molecule has 0 fully saturated rings. The third-order valence-corrected chi connectivity index (χ3v) is 2.19. The third kappa shape index (κ3) is 3.31. The molecule has 0 bridgehead atoms. The smallest absolute Gasteiger partial charge is 0.0327 e. The molecule has 0 saturated heterocycles. The Bertz CT molecular complexity index is 532. The largest absolute Gasteiger partial charge is 0.0820 e. The number of allylic oxidation sites excluding steroid dienone is 6. The Labute approximate surface area is 109 Å². The molecule has 1 rings (SSSR count). The molecule has 0 spiro atoms. The van der Waals surface area contributed by atoms with Gasteiger partial charge >= 0.3 is 0 Å². The quantitative estimate of drug-likeness (QED) is 0.558. The van der Waals surface area contributed by atoms with E-state index in [9.17, 15) is 0 Å². The van der Waals surface area contributed by atoms with Gasteiger partial charge in [0.05, 0.1) is 0 Å². The zero-order chi connectivity index (χ0) is 13.7. The second-order valence-corrected chi connectivity index (χ2v) is 3.62. The van der Waals surface area contributed by atoms with Crippen molar-refractivity contribution in [2.24, 2.45) is 0 Å². The number of hydrogen-bond donors (Lipinski definition) is 0. The molecule has 0 aliphatic heterocycles. The van der Waals surface area contributed by atoms with Crippen LogP contribution in [0.25, 0.3) is 0 Å². The predicted octanol–water partition coefficient (Wildman–Crippen LogP) is 3.35. The Morgan fingerprint density at radius 1 is 0.333 bits per heavy atom. The summed E-state index contributed by atoms with van der Waals surface area (Å²) in [6.45, 7) is 22.8. The summed E-state index contributed by atoms with van der Waals surface area (Å²) >= 11 is 0. The lowest BCUT2D eigenvalue weighted by molar-refractivity contribution is 1.65. The van der Waals surface area contributed by atoms with Gasteiger partial charge in [0.1, 0.15) is 0 Å². The van der Waals surface area contributed by atoms with Gasteiger partial charge in [-0.25, -0.2) is 0 Å². The maximum Gasteiger partial charge on any atom is 0.0327 e. The number of rotatable bonds is 0. The van der Waals surface area contributed by atoms with E-state index >= 15 is 0 Å². The average Bonchev–Trinajstić information content (AvgIpc) is 2.36. The lowest BCUT2D eigenvalue weighted by Gasteiger charge is -1.98. The molecule has 84 valence electrons. The first-order valence-corrected chi connectivity index (χ1v) is 5.12. The van der Waals surface area contributed by atoms with Crippen LogP contribution in [0.15, 0.2) is 72.9 Å². The van der Waals surface area contributed by atoms with Crippen molar-refractivity contribution in [3.63, 3.8) is 0 Å². The van der Waals surface area contributed by atoms with E-state index in [1.54, 1.807) is 0 Å². The Hall–Kier alpha value is -2.88. The summed E-state index contributed by atoms with van der Waals surface area (Å²) in [5.74, 6) is 17.0. The molecule has 0 aromatic rings. The summed E-state index contributed by atoms with van der Waals surface area (Å²) in [7, 11) is 0. The van der Waals surface area contributed by atoms with Crippen LogP contribution in [-0.4, -0.2) is 0 Å². The molecule has 1 aliphatic carbocycles. The van der Waals surface area contributed by atoms with Gasteiger partial charge in [0.2, 0.25) is 0 Å². The molecule has 0 radical (unpaired) electrons. The van der Waals surface area contributed by atoms with Crippen LogP contribution in [0, 0.1) is 35.5 Å². The van der Waals surface area contributed by atoms with Crippen molar-refractivity contribution in [1.82, 2.24) is 0 Å². The van der Waals surface area contributed by atoms with Crippen molar-refractivity contribution in [2.45, 2.75) is 0 Å². The Balaban J connectivity index is 3.32. The first-order valence-electron chi connectivity index (χ1n) is 5.12. The molecule has 0 unspecified atom stereocenters. The van der Waals surface area contributed by atoms with E-state index in [1.807, 2.05) is 0 Å². The maximum atomic E-state index is 3.79. The molecule has 0 amide bonds. The van der Waals surface area contributed by atoms with Gasteiger partial charge in [-0.1, -0.05) is 75.0 Å². The third-order valence-electron chi connectivity index (χ3n) is 2.19. The summed E-state index contributed by atoms with van der Waals surface area (Å²) in [6.07, 6.45) is 0. The van der Waals surface area contributed by atoms with Crippen molar-refractivity contribution in [3.05, 3.63) is 72.9 Å². The summed E-state index contributed by atoms with van der Waals surface area (Å²) in [4.78, 5) is 0. The van der Waals surface area contributed by atoms with Crippen LogP contribution in [0.3, 0.4) is 0 Å². The van der Waals surface area contributed by atoms with E-state index in [1.165, 1.54) is 0 Å². The van der Waals surface area contributed by atoms with Crippen molar-refractivity contribution in [2.75, 3.05) is 0 Å². The highest BCUT2D eigenvalue weighted by Crippen LogP contribution is 2.09. The summed E-state index contributed by atoms with van der Waals surface area (Å²) in [6, 6.07) is 0. The first-order chi connectivity index (χ1) is 8.41. The minimum absolute atomic E-state index is 0.545. The van der Waals surface area contributed by atoms with Gasteiger partial charge in [-0.05, 0) is 0 Å². The highest BCUT2D eigenvalue weighted by molar-refractivity contribution is 5.63. The van der Waals surface area contributed by atoms with E-state index in [2.05, 4.69) is 75.0 Å². The normalized spacial score (nSPS) is 15.3. The SMILES string of the molecule is C=C1C#CC(=C)C(=C)C#CC(=C)C(=C)C#CC1=C. The fourth-order valence-electron chi connectivity index (χ4n) is 0.905. The lowest BCUT2D eigenvalue weighted by Crippen LogP contribution is -1.87. The van der Waals surface area contributed by atoms with Crippen molar-refractivity contribution >= 4 is 0 Å². The molecular formula is C18H12. The van der Waals surface area contributed by atoms with E-state index in [-0.39, 0.29) is 0 Å². The molecule has 1 aliphatic rings. The van der Waals surface area contributed by atoms with Crippen LogP contribution in [-0.2, 0) is 0 Å². The van der Waals surface area contributed by atoms with Crippen LogP contribution in [0.2, 0.25) is 0 Å². The van der Waals surface area contributed by atoms with Gasteiger partial charge in [-0.3, -0.25) is 0 Å². The van der Waals surface area contributed by atoms with Crippen LogP contribution in [0.4, 0.5) is 0 Å². The minimum Gasteiger partial charge on any atom is -0.0820 e. The topological polar surface area (TPSA) is 0 Å². The summed E-state index contributed by atoms with van der Waals surface area (Å²) < 4.78 is 0. The van der Waals surface area contributed by atoms with E-state index in [0.717, 1.165) is 0 Å². The van der Waals surface area contributed by atoms with E-state index in [4.69, 9.17) is 0 Å². The van der Waals surface area contributed by atoms with E-state index in [0.29, 0.717) is 33.4 Å². The van der Waals surface area contributed by atoms with Crippen LogP contribution in [0.5, 0.6) is 0 Å². The van der Waals surface area contributed by atoms with E-state index < -0.39 is 0 Å². The first kappa shape index (κ1) is 13.2. The van der Waals surface area contributed by atoms with Crippen molar-refractivity contribution in [3.8, 4) is 35.5 Å². The molecule has 0 heterocycles. The summed E-state index contributed by atoms with van der Waals surface area (Å²) in [5, 5.41) is 0. The van der Waals surface area contributed by atoms with Crippen LogP contribution in [0.1, 0.15) is 0 Å². The Morgan fingerprint density at radius 3 is 0.556 bits per heavy atom. The zero-order valence-electron chi connectivity index (χ0n) is 10.2. The van der Waals surface area contributed by atoms with Crippen LogP contribution >= 0.6 is 0 Å². The second-order valence-electron chi connectivity index (χ2n) is 3.62. The molecule has 0 aromatic carbocycles. The molecule has 0 aromatic heterocycles. The minimum atomic E-state index is 0.545. The van der Waals surface area contributed by atoms with Gasteiger partial charge in [0.25, 0.3) is 0 Å². The predicted molar refractivity (Wildman–Crippen MR) is 78.2 cm³/mol. The molecule has 18 heavy (non-hydrogen) atoms. The average molecular weight is 228 g/mol. The molecule has 0 heteroatoms. The molecule has 0 saturated carbocycles. The summed E-state index contributed by atoms with van der Waals surface area (Å²) in [5.41, 5.74) is 3.27. The second kappa shape index (κ2) is 5.45. The molecule has 0 nitrogen and oxygen atoms in total. The number of hydrogen-bond acceptors (Lipinski definition) is 0. The van der Waals surface area contributed by atoms with Gasteiger partial charge in [-0.2, -0.15) is 0 Å². The monoisotopic (exact) mass is 228 g/mol. The lowest BCUT2D eigenvalue weighted by atomic mass is 10.0. The fourth-order valence-corrected chi connectivity index (χ4v) is 0.905. The highest BCUT2D eigenvalue weighted by Gasteiger charge is 1.98. The van der Waals surface area contributed by atoms with Gasteiger partial charge < -0.3 is 0 Å². The molecule has 0 N–H and O–H groups in total. The van der Waals surface area contributed by atoms with Crippen LogP contribution < -0.4 is 0 Å². The Morgan fingerprint density at radius 2 is 0.444 bits per heavy atom. The van der Waals surface area contributed by atoms with Gasteiger partial charge in [0, 0.05) is 33.4 Å². The maximum absolute atomic E-state index is 3.79. The molecule has 0 atom stereocenters. The molecular weight excluding hydrogens is 216 g/mol. The fraction of sp³-hybridized carbons (Fsp3) is 0.